The molecule has 2 nitrogen and oxygen atoms in total. The van der Waals surface area contributed by atoms with Gasteiger partial charge in [0.15, 0.2) is 0 Å². The van der Waals surface area contributed by atoms with E-state index < -0.39 is 0 Å². The lowest BCUT2D eigenvalue weighted by Crippen LogP contribution is -2.46. The molecule has 0 amide bonds. The molecule has 0 saturated carbocycles. The van der Waals surface area contributed by atoms with E-state index in [1.165, 1.54) is 48.9 Å². The van der Waals surface area contributed by atoms with Gasteiger partial charge in [0.1, 0.15) is 0 Å². The topological polar surface area (TPSA) is 29.3 Å². The summed E-state index contributed by atoms with van der Waals surface area (Å²) in [6.07, 6.45) is 5.19. The Balaban J connectivity index is 1.97. The Morgan fingerprint density at radius 2 is 2.05 bits per heavy atom. The summed E-state index contributed by atoms with van der Waals surface area (Å²) in [5.74, 6) is 0.796. The van der Waals surface area contributed by atoms with Gasteiger partial charge in [-0.15, -0.1) is 0 Å². The van der Waals surface area contributed by atoms with Gasteiger partial charge in [-0.3, -0.25) is 4.90 Å². The van der Waals surface area contributed by atoms with Gasteiger partial charge < -0.3 is 5.73 Å². The van der Waals surface area contributed by atoms with Crippen LogP contribution in [0.1, 0.15) is 49.3 Å². The molecule has 1 saturated heterocycles. The highest BCUT2D eigenvalue weighted by Gasteiger charge is 2.24. The van der Waals surface area contributed by atoms with E-state index in [2.05, 4.69) is 43.9 Å². The average Bonchev–Trinajstić information content (AvgIpc) is 2.39. The number of nitrogens with two attached hydrogens (primary N) is 1. The highest BCUT2D eigenvalue weighted by molar-refractivity contribution is 5.30. The largest absolute Gasteiger partial charge is 0.327 e. The molecule has 2 atom stereocenters. The fourth-order valence-corrected chi connectivity index (χ4v) is 3.44. The molecule has 0 aliphatic carbocycles. The second kappa shape index (κ2) is 7.24. The summed E-state index contributed by atoms with van der Waals surface area (Å²) in [6, 6.07) is 7.15. The maximum absolute atomic E-state index is 6.26. The molecule has 2 heteroatoms. The molecule has 1 aromatic rings. The van der Waals surface area contributed by atoms with Crippen LogP contribution in [-0.2, 0) is 6.54 Å². The van der Waals surface area contributed by atoms with Crippen molar-refractivity contribution in [3.8, 4) is 0 Å². The van der Waals surface area contributed by atoms with Crippen LogP contribution < -0.4 is 5.73 Å². The predicted octanol–water partition coefficient (Wildman–Crippen LogP) is 3.64. The molecular formula is C18H30N2. The first kappa shape index (κ1) is 15.5. The van der Waals surface area contributed by atoms with Crippen LogP contribution in [0.25, 0.3) is 0 Å². The van der Waals surface area contributed by atoms with Crippen LogP contribution in [0.15, 0.2) is 18.2 Å². The normalized spacial score (nSPS) is 24.0. The minimum absolute atomic E-state index is 0.358. The van der Waals surface area contributed by atoms with E-state index >= 15 is 0 Å². The number of rotatable bonds is 5. The summed E-state index contributed by atoms with van der Waals surface area (Å²) in [5, 5.41) is 0. The summed E-state index contributed by atoms with van der Waals surface area (Å²) in [5.41, 5.74) is 10.5. The third-order valence-corrected chi connectivity index (χ3v) is 4.50. The molecule has 1 fully saturated rings. The second-order valence-corrected chi connectivity index (χ2v) is 6.63. The first-order valence-electron chi connectivity index (χ1n) is 8.12. The Labute approximate surface area is 124 Å². The van der Waals surface area contributed by atoms with E-state index in [0.29, 0.717) is 6.04 Å². The van der Waals surface area contributed by atoms with E-state index in [1.807, 2.05) is 0 Å². The summed E-state index contributed by atoms with van der Waals surface area (Å²) < 4.78 is 0. The molecule has 20 heavy (non-hydrogen) atoms. The third-order valence-electron chi connectivity index (χ3n) is 4.50. The van der Waals surface area contributed by atoms with Crippen molar-refractivity contribution in [3.05, 3.63) is 34.9 Å². The first-order chi connectivity index (χ1) is 9.58. The number of hydrogen-bond acceptors (Lipinski definition) is 2. The predicted molar refractivity (Wildman–Crippen MR) is 86.8 cm³/mol. The number of benzene rings is 1. The van der Waals surface area contributed by atoms with Gasteiger partial charge in [0.25, 0.3) is 0 Å². The molecule has 0 aromatic heterocycles. The Morgan fingerprint density at radius 1 is 1.25 bits per heavy atom. The van der Waals surface area contributed by atoms with Gasteiger partial charge in [0.2, 0.25) is 0 Å². The summed E-state index contributed by atoms with van der Waals surface area (Å²) in [7, 11) is 0. The Morgan fingerprint density at radius 3 is 2.75 bits per heavy atom. The van der Waals surface area contributed by atoms with Gasteiger partial charge in [-0.2, -0.15) is 0 Å². The minimum Gasteiger partial charge on any atom is -0.327 e. The highest BCUT2D eigenvalue weighted by atomic mass is 15.1. The molecule has 0 radical (unpaired) electrons. The Kier molecular flexibility index (Phi) is 5.62. The van der Waals surface area contributed by atoms with Crippen LogP contribution in [0.2, 0.25) is 0 Å². The Bertz CT molecular complexity index is 427. The van der Waals surface area contributed by atoms with Gasteiger partial charge in [0, 0.05) is 25.7 Å². The van der Waals surface area contributed by atoms with E-state index in [9.17, 15) is 0 Å². The quantitative estimate of drug-likeness (QED) is 0.888. The fraction of sp³-hybridized carbons (Fsp3) is 0.667. The van der Waals surface area contributed by atoms with Crippen LogP contribution in [0.3, 0.4) is 0 Å². The van der Waals surface area contributed by atoms with Gasteiger partial charge in [-0.1, -0.05) is 43.5 Å². The number of piperidine rings is 1. The lowest BCUT2D eigenvalue weighted by atomic mass is 9.90. The number of nitrogens with zero attached hydrogens (tertiary/aromatic N) is 1. The van der Waals surface area contributed by atoms with E-state index in [1.54, 1.807) is 0 Å². The maximum atomic E-state index is 6.26. The van der Waals surface area contributed by atoms with Crippen LogP contribution in [0, 0.1) is 19.8 Å². The molecule has 0 spiro atoms. The molecule has 2 rings (SSSR count). The molecular weight excluding hydrogens is 244 g/mol. The van der Waals surface area contributed by atoms with Crippen molar-refractivity contribution in [2.45, 2.75) is 59.0 Å². The SMILES string of the molecule is CCCCC1CC(N)CN(Cc2ccc(C)cc2C)C1. The van der Waals surface area contributed by atoms with Crippen LogP contribution in [0.5, 0.6) is 0 Å². The highest BCUT2D eigenvalue weighted by Crippen LogP contribution is 2.23. The molecule has 1 aliphatic rings. The molecule has 112 valence electrons. The van der Waals surface area contributed by atoms with Crippen molar-refractivity contribution in [1.29, 1.82) is 0 Å². The van der Waals surface area contributed by atoms with Crippen molar-refractivity contribution >= 4 is 0 Å². The maximum Gasteiger partial charge on any atom is 0.0237 e. The molecule has 2 N–H and O–H groups in total. The van der Waals surface area contributed by atoms with Crippen molar-refractivity contribution in [1.82, 2.24) is 4.90 Å². The number of unbranched alkanes of at least 4 members (excludes halogenated alkanes) is 1. The lowest BCUT2D eigenvalue weighted by Gasteiger charge is -2.36. The van der Waals surface area contributed by atoms with Crippen molar-refractivity contribution in [2.75, 3.05) is 13.1 Å². The Hall–Kier alpha value is -0.860. The molecule has 2 unspecified atom stereocenters. The minimum atomic E-state index is 0.358. The van der Waals surface area contributed by atoms with Crippen LogP contribution in [-0.4, -0.2) is 24.0 Å². The average molecular weight is 274 g/mol. The molecule has 1 aliphatic heterocycles. The van der Waals surface area contributed by atoms with Crippen LogP contribution >= 0.6 is 0 Å². The second-order valence-electron chi connectivity index (χ2n) is 6.63. The van der Waals surface area contributed by atoms with Crippen molar-refractivity contribution in [2.24, 2.45) is 11.7 Å². The van der Waals surface area contributed by atoms with Gasteiger partial charge in [-0.25, -0.2) is 0 Å². The summed E-state index contributed by atoms with van der Waals surface area (Å²) >= 11 is 0. The van der Waals surface area contributed by atoms with Gasteiger partial charge >= 0.3 is 0 Å². The molecule has 1 aromatic carbocycles. The monoisotopic (exact) mass is 274 g/mol. The zero-order valence-electron chi connectivity index (χ0n) is 13.4. The van der Waals surface area contributed by atoms with Crippen LogP contribution in [0.4, 0.5) is 0 Å². The molecule has 1 heterocycles. The summed E-state index contributed by atoms with van der Waals surface area (Å²) in [6.45, 7) is 9.99. The zero-order chi connectivity index (χ0) is 14.5. The van der Waals surface area contributed by atoms with Gasteiger partial charge in [-0.05, 0) is 43.7 Å². The molecule has 0 bridgehead atoms. The first-order valence-corrected chi connectivity index (χ1v) is 8.12. The van der Waals surface area contributed by atoms with E-state index in [4.69, 9.17) is 5.73 Å². The van der Waals surface area contributed by atoms with E-state index in [0.717, 1.165) is 19.0 Å². The van der Waals surface area contributed by atoms with Crippen molar-refractivity contribution in [3.63, 3.8) is 0 Å². The number of aryl methyl sites for hydroxylation is 2. The smallest absolute Gasteiger partial charge is 0.0237 e. The van der Waals surface area contributed by atoms with Gasteiger partial charge in [0.05, 0.1) is 0 Å². The van der Waals surface area contributed by atoms with Crippen molar-refractivity contribution < 1.29 is 0 Å². The van der Waals surface area contributed by atoms with E-state index in [-0.39, 0.29) is 0 Å². The summed E-state index contributed by atoms with van der Waals surface area (Å²) in [4.78, 5) is 2.56. The lowest BCUT2D eigenvalue weighted by molar-refractivity contribution is 0.142. The third kappa shape index (κ3) is 4.32. The zero-order valence-corrected chi connectivity index (χ0v) is 13.4. The number of hydrogen-bond donors (Lipinski definition) is 1. The fourth-order valence-electron chi connectivity index (χ4n) is 3.44. The number of likely N-dealkylation sites (tertiary alicyclic amines) is 1. The standard InChI is InChI=1S/C18H30N2/c1-4-5-6-16-10-18(19)13-20(11-16)12-17-8-7-14(2)9-15(17)3/h7-9,16,18H,4-6,10-13,19H2,1-3H3.